The van der Waals surface area contributed by atoms with Gasteiger partial charge < -0.3 is 14.7 Å². The number of carbonyl (C=O) groups excluding carboxylic acids is 1. The van der Waals surface area contributed by atoms with Crippen molar-refractivity contribution in [3.05, 3.63) is 65.2 Å². The van der Waals surface area contributed by atoms with Crippen LogP contribution >= 0.6 is 0 Å². The Morgan fingerprint density at radius 2 is 1.92 bits per heavy atom. The number of rotatable bonds is 5. The van der Waals surface area contributed by atoms with E-state index in [4.69, 9.17) is 4.74 Å². The summed E-state index contributed by atoms with van der Waals surface area (Å²) in [5.41, 5.74) is 1.35. The second kappa shape index (κ2) is 6.76. The van der Waals surface area contributed by atoms with Crippen LogP contribution in [0.15, 0.2) is 48.5 Å². The minimum atomic E-state index is -1.18. The molecule has 1 fully saturated rings. The highest BCUT2D eigenvalue weighted by Gasteiger charge is 2.53. The van der Waals surface area contributed by atoms with E-state index in [-0.39, 0.29) is 11.8 Å². The van der Waals surface area contributed by atoms with E-state index in [9.17, 15) is 9.90 Å². The fourth-order valence-electron chi connectivity index (χ4n) is 4.55. The zero-order valence-electron chi connectivity index (χ0n) is 15.1. The van der Waals surface area contributed by atoms with Crippen LogP contribution in [0.5, 0.6) is 5.75 Å². The van der Waals surface area contributed by atoms with Crippen LogP contribution < -0.4 is 4.74 Å². The summed E-state index contributed by atoms with van der Waals surface area (Å²) < 4.78 is 5.29. The quantitative estimate of drug-likeness (QED) is 0.893. The highest BCUT2D eigenvalue weighted by molar-refractivity contribution is 5.99. The molecule has 4 nitrogen and oxygen atoms in total. The summed E-state index contributed by atoms with van der Waals surface area (Å²) in [6.45, 7) is 0.494. The molecule has 1 atom stereocenters. The molecule has 1 aliphatic carbocycles. The molecule has 2 aliphatic rings. The summed E-state index contributed by atoms with van der Waals surface area (Å²) in [4.78, 5) is 14.8. The Balaban J connectivity index is 1.64. The number of amides is 1. The molecule has 0 bridgehead atoms. The van der Waals surface area contributed by atoms with Crippen molar-refractivity contribution in [1.29, 1.82) is 0 Å². The van der Waals surface area contributed by atoms with Crippen molar-refractivity contribution in [2.75, 3.05) is 13.7 Å². The van der Waals surface area contributed by atoms with Gasteiger partial charge >= 0.3 is 0 Å². The molecule has 4 heteroatoms. The second-order valence-electron chi connectivity index (χ2n) is 7.31. The van der Waals surface area contributed by atoms with E-state index >= 15 is 0 Å². The fourth-order valence-corrected chi connectivity index (χ4v) is 4.55. The Morgan fingerprint density at radius 1 is 1.15 bits per heavy atom. The minimum Gasteiger partial charge on any atom is -0.497 e. The largest absolute Gasteiger partial charge is 0.497 e. The van der Waals surface area contributed by atoms with Crippen LogP contribution in [0.3, 0.4) is 0 Å². The summed E-state index contributed by atoms with van der Waals surface area (Å²) in [5.74, 6) is 0.864. The smallest absolute Gasteiger partial charge is 0.256 e. The van der Waals surface area contributed by atoms with Crippen LogP contribution in [0.1, 0.15) is 47.2 Å². The molecule has 1 aliphatic heterocycles. The highest BCUT2D eigenvalue weighted by Crippen LogP contribution is 2.48. The van der Waals surface area contributed by atoms with Crippen molar-refractivity contribution in [2.24, 2.45) is 5.92 Å². The third kappa shape index (κ3) is 2.69. The Labute approximate surface area is 154 Å². The molecule has 0 radical (unpaired) electrons. The van der Waals surface area contributed by atoms with Crippen LogP contribution in [-0.4, -0.2) is 29.6 Å². The Hall–Kier alpha value is -2.33. The number of methoxy groups -OCH3 is 1. The van der Waals surface area contributed by atoms with Gasteiger partial charge in [0.1, 0.15) is 5.75 Å². The van der Waals surface area contributed by atoms with E-state index in [0.717, 1.165) is 42.6 Å². The predicted molar refractivity (Wildman–Crippen MR) is 100 cm³/mol. The molecule has 2 aromatic carbocycles. The van der Waals surface area contributed by atoms with E-state index in [0.29, 0.717) is 18.5 Å². The fraction of sp³-hybridized carbons (Fsp3) is 0.409. The van der Waals surface area contributed by atoms with Crippen LogP contribution in [-0.2, 0) is 12.1 Å². The molecule has 1 unspecified atom stereocenters. The SMILES string of the molecule is COc1cccc(CCN2C(=O)c3ccccc3C2(O)C2CCCC2)c1. The van der Waals surface area contributed by atoms with Crippen molar-refractivity contribution in [1.82, 2.24) is 4.90 Å². The van der Waals surface area contributed by atoms with E-state index in [1.165, 1.54) is 0 Å². The number of aliphatic hydroxyl groups is 1. The Morgan fingerprint density at radius 3 is 2.69 bits per heavy atom. The lowest BCUT2D eigenvalue weighted by Gasteiger charge is -2.39. The number of nitrogens with zero attached hydrogens (tertiary/aromatic N) is 1. The van der Waals surface area contributed by atoms with Gasteiger partial charge in [-0.05, 0) is 43.0 Å². The molecule has 0 spiro atoms. The first-order valence-electron chi connectivity index (χ1n) is 9.41. The number of hydrogen-bond acceptors (Lipinski definition) is 3. The van der Waals surface area contributed by atoms with E-state index in [1.807, 2.05) is 48.5 Å². The molecule has 0 saturated heterocycles. The van der Waals surface area contributed by atoms with Gasteiger partial charge in [-0.2, -0.15) is 0 Å². The van der Waals surface area contributed by atoms with E-state index in [1.54, 1.807) is 12.0 Å². The van der Waals surface area contributed by atoms with Crippen molar-refractivity contribution >= 4 is 5.91 Å². The van der Waals surface area contributed by atoms with Gasteiger partial charge in [0.15, 0.2) is 5.72 Å². The standard InChI is InChI=1S/C22H25NO3/c1-26-18-10-6-7-16(15-18)13-14-23-21(24)19-11-4-5-12-20(19)22(23,25)17-8-2-3-9-17/h4-7,10-12,15,17,25H,2-3,8-9,13-14H2,1H3. The molecule has 1 amide bonds. The average molecular weight is 351 g/mol. The Kier molecular flexibility index (Phi) is 4.45. The van der Waals surface area contributed by atoms with Gasteiger partial charge in [0.2, 0.25) is 0 Å². The van der Waals surface area contributed by atoms with Gasteiger partial charge in [-0.1, -0.05) is 43.2 Å². The first kappa shape index (κ1) is 17.1. The maximum absolute atomic E-state index is 13.1. The molecule has 26 heavy (non-hydrogen) atoms. The van der Waals surface area contributed by atoms with Crippen molar-refractivity contribution in [3.8, 4) is 5.75 Å². The summed E-state index contributed by atoms with van der Waals surface area (Å²) in [6.07, 6.45) is 4.85. The lowest BCUT2D eigenvalue weighted by molar-refractivity contribution is -0.126. The van der Waals surface area contributed by atoms with Gasteiger partial charge in [-0.25, -0.2) is 0 Å². The number of hydrogen-bond donors (Lipinski definition) is 1. The minimum absolute atomic E-state index is 0.0575. The first-order valence-corrected chi connectivity index (χ1v) is 9.41. The number of carbonyl (C=O) groups is 1. The maximum atomic E-state index is 13.1. The number of fused-ring (bicyclic) bond motifs is 1. The normalized spacial score (nSPS) is 22.7. The molecular weight excluding hydrogens is 326 g/mol. The van der Waals surface area contributed by atoms with Crippen LogP contribution in [0, 0.1) is 5.92 Å². The average Bonchev–Trinajstić information content (AvgIpc) is 3.29. The molecule has 1 saturated carbocycles. The van der Waals surface area contributed by atoms with Gasteiger partial charge in [0, 0.05) is 23.6 Å². The van der Waals surface area contributed by atoms with Gasteiger partial charge in [0.25, 0.3) is 5.91 Å². The van der Waals surface area contributed by atoms with Gasteiger partial charge in [-0.15, -0.1) is 0 Å². The second-order valence-corrected chi connectivity index (χ2v) is 7.31. The molecular formula is C22H25NO3. The number of ether oxygens (including phenoxy) is 1. The monoisotopic (exact) mass is 351 g/mol. The summed E-state index contributed by atoms with van der Waals surface area (Å²) in [5, 5.41) is 11.7. The predicted octanol–water partition coefficient (Wildman–Crippen LogP) is 3.73. The van der Waals surface area contributed by atoms with Gasteiger partial charge in [-0.3, -0.25) is 4.79 Å². The lowest BCUT2D eigenvalue weighted by atomic mass is 9.87. The summed E-state index contributed by atoms with van der Waals surface area (Å²) in [6, 6.07) is 15.4. The van der Waals surface area contributed by atoms with Crippen molar-refractivity contribution in [2.45, 2.75) is 37.8 Å². The lowest BCUT2D eigenvalue weighted by Crippen LogP contribution is -2.49. The van der Waals surface area contributed by atoms with E-state index < -0.39 is 5.72 Å². The van der Waals surface area contributed by atoms with Gasteiger partial charge in [0.05, 0.1) is 7.11 Å². The Bertz CT molecular complexity index is 813. The number of benzene rings is 2. The molecule has 4 rings (SSSR count). The molecule has 1 N–H and O–H groups in total. The van der Waals surface area contributed by atoms with Crippen LogP contribution in [0.25, 0.3) is 0 Å². The zero-order chi connectivity index (χ0) is 18.1. The van der Waals surface area contributed by atoms with E-state index in [2.05, 4.69) is 0 Å². The van der Waals surface area contributed by atoms with Crippen LogP contribution in [0.4, 0.5) is 0 Å². The summed E-state index contributed by atoms with van der Waals surface area (Å²) >= 11 is 0. The van der Waals surface area contributed by atoms with Crippen molar-refractivity contribution in [3.63, 3.8) is 0 Å². The topological polar surface area (TPSA) is 49.8 Å². The third-order valence-electron chi connectivity index (χ3n) is 5.89. The van der Waals surface area contributed by atoms with Crippen molar-refractivity contribution < 1.29 is 14.6 Å². The highest BCUT2D eigenvalue weighted by atomic mass is 16.5. The molecule has 2 aromatic rings. The molecule has 0 aromatic heterocycles. The summed E-state index contributed by atoms with van der Waals surface area (Å²) in [7, 11) is 1.65. The zero-order valence-corrected chi connectivity index (χ0v) is 15.1. The molecule has 1 heterocycles. The maximum Gasteiger partial charge on any atom is 0.256 e. The first-order chi connectivity index (χ1) is 12.6. The molecule has 136 valence electrons. The van der Waals surface area contributed by atoms with Crippen LogP contribution in [0.2, 0.25) is 0 Å². The third-order valence-corrected chi connectivity index (χ3v) is 5.89.